The number of nitrogens with zero attached hydrogens (tertiary/aromatic N) is 2. The molecule has 0 atom stereocenters. The lowest BCUT2D eigenvalue weighted by molar-refractivity contribution is -0.123. The van der Waals surface area contributed by atoms with E-state index in [4.69, 9.17) is 4.74 Å². The Bertz CT molecular complexity index is 1130. The number of sulfonamides is 1. The van der Waals surface area contributed by atoms with E-state index in [1.807, 2.05) is 13.0 Å². The molecule has 2 aromatic carbocycles. The number of carbonyl (C=O) groups is 2. The lowest BCUT2D eigenvalue weighted by atomic mass is 9.97. The molecule has 9 nitrogen and oxygen atoms in total. The number of likely N-dealkylation sites (N-methyl/N-ethyl adjacent to an activating group) is 1. The maximum absolute atomic E-state index is 12.9. The molecule has 3 rings (SSSR count). The minimum absolute atomic E-state index is 0.00937. The summed E-state index contributed by atoms with van der Waals surface area (Å²) in [7, 11) is -3.80. The van der Waals surface area contributed by atoms with Crippen molar-refractivity contribution in [3.63, 3.8) is 0 Å². The van der Waals surface area contributed by atoms with E-state index in [1.165, 1.54) is 16.4 Å². The molecule has 1 aliphatic heterocycles. The molecule has 10 heteroatoms. The van der Waals surface area contributed by atoms with Crippen molar-refractivity contribution in [1.82, 2.24) is 9.62 Å². The first kappa shape index (κ1) is 24.2. The Labute approximate surface area is 193 Å². The Morgan fingerprint density at radius 3 is 2.42 bits per heavy atom. The zero-order chi connectivity index (χ0) is 23.8. The zero-order valence-corrected chi connectivity index (χ0v) is 19.1. The fourth-order valence-electron chi connectivity index (χ4n) is 3.56. The summed E-state index contributed by atoms with van der Waals surface area (Å²) in [6.07, 6.45) is 0.765. The number of piperidine rings is 1. The normalized spacial score (nSPS) is 14.8. The molecule has 1 fully saturated rings. The Morgan fingerprint density at radius 1 is 1.12 bits per heavy atom. The van der Waals surface area contributed by atoms with Crippen LogP contribution in [-0.4, -0.2) is 50.8 Å². The van der Waals surface area contributed by atoms with E-state index < -0.39 is 10.0 Å². The monoisotopic (exact) mass is 470 g/mol. The minimum atomic E-state index is -3.80. The van der Waals surface area contributed by atoms with E-state index >= 15 is 0 Å². The van der Waals surface area contributed by atoms with Gasteiger partial charge in [-0.1, -0.05) is 12.1 Å². The second-order valence-electron chi connectivity index (χ2n) is 7.54. The number of rotatable bonds is 8. The number of anilines is 1. The van der Waals surface area contributed by atoms with Gasteiger partial charge in [0.15, 0.2) is 6.61 Å². The van der Waals surface area contributed by atoms with Gasteiger partial charge >= 0.3 is 0 Å². The first-order valence-corrected chi connectivity index (χ1v) is 12.1. The number of benzene rings is 2. The van der Waals surface area contributed by atoms with Crippen LogP contribution < -0.4 is 15.4 Å². The highest BCUT2D eigenvalue weighted by atomic mass is 32.2. The third-order valence-electron chi connectivity index (χ3n) is 5.32. The number of nitriles is 1. The van der Waals surface area contributed by atoms with Gasteiger partial charge in [0.2, 0.25) is 15.9 Å². The second kappa shape index (κ2) is 10.9. The third kappa shape index (κ3) is 6.09. The van der Waals surface area contributed by atoms with E-state index in [0.717, 1.165) is 0 Å². The van der Waals surface area contributed by atoms with Crippen LogP contribution in [0, 0.1) is 17.2 Å². The third-order valence-corrected chi connectivity index (χ3v) is 7.27. The zero-order valence-electron chi connectivity index (χ0n) is 18.3. The Hall–Kier alpha value is -3.42. The van der Waals surface area contributed by atoms with E-state index in [-0.39, 0.29) is 47.9 Å². The fourth-order valence-corrected chi connectivity index (χ4v) is 5.17. The van der Waals surface area contributed by atoms with Crippen molar-refractivity contribution in [3.05, 3.63) is 54.1 Å². The maximum atomic E-state index is 12.9. The predicted octanol–water partition coefficient (Wildman–Crippen LogP) is 2.11. The van der Waals surface area contributed by atoms with Gasteiger partial charge < -0.3 is 15.4 Å². The summed E-state index contributed by atoms with van der Waals surface area (Å²) in [4.78, 5) is 24.1. The average molecular weight is 471 g/mol. The quantitative estimate of drug-likeness (QED) is 0.608. The SMILES string of the molecule is CCNC(=O)COc1ccc(NC(=O)C2CCN(S(=O)(=O)c3ccccc3C#N)CC2)cc1. The number of hydrogen-bond donors (Lipinski definition) is 2. The molecular weight excluding hydrogens is 444 g/mol. The van der Waals surface area contributed by atoms with Gasteiger partial charge in [-0.05, 0) is 56.2 Å². The molecule has 2 N–H and O–H groups in total. The molecular formula is C23H26N4O5S. The molecule has 0 bridgehead atoms. The molecule has 0 aliphatic carbocycles. The maximum Gasteiger partial charge on any atom is 0.257 e. The standard InChI is InChI=1S/C23H26N4O5S/c1-2-25-22(28)16-32-20-9-7-19(8-10-20)26-23(29)17-11-13-27(14-12-17)33(30,31)21-6-4-3-5-18(21)15-24/h3-10,17H,2,11-14,16H2,1H3,(H,25,28)(H,26,29). The number of carbonyl (C=O) groups excluding carboxylic acids is 2. The number of nitrogens with one attached hydrogen (secondary N) is 2. The van der Waals surface area contributed by atoms with Crippen LogP contribution in [0.5, 0.6) is 5.75 Å². The van der Waals surface area contributed by atoms with Crippen LogP contribution in [0.2, 0.25) is 0 Å². The summed E-state index contributed by atoms with van der Waals surface area (Å²) in [5.74, 6) is -0.202. The van der Waals surface area contributed by atoms with Crippen LogP contribution in [0.25, 0.3) is 0 Å². The molecule has 1 aliphatic rings. The van der Waals surface area contributed by atoms with Crippen LogP contribution in [0.3, 0.4) is 0 Å². The summed E-state index contributed by atoms with van der Waals surface area (Å²) in [6, 6.07) is 14.7. The molecule has 174 valence electrons. The van der Waals surface area contributed by atoms with Crippen molar-refractivity contribution in [1.29, 1.82) is 5.26 Å². The molecule has 2 aromatic rings. The van der Waals surface area contributed by atoms with Crippen molar-refractivity contribution in [2.75, 3.05) is 31.6 Å². The Morgan fingerprint density at radius 2 is 1.79 bits per heavy atom. The highest BCUT2D eigenvalue weighted by Gasteiger charge is 2.33. The van der Waals surface area contributed by atoms with Crippen molar-refractivity contribution in [3.8, 4) is 11.8 Å². The van der Waals surface area contributed by atoms with Crippen LogP contribution in [-0.2, 0) is 19.6 Å². The fraction of sp³-hybridized carbons (Fsp3) is 0.348. The van der Waals surface area contributed by atoms with Crippen LogP contribution in [0.4, 0.5) is 5.69 Å². The van der Waals surface area contributed by atoms with Gasteiger partial charge in [-0.25, -0.2) is 8.42 Å². The van der Waals surface area contributed by atoms with E-state index in [0.29, 0.717) is 30.8 Å². The summed E-state index contributed by atoms with van der Waals surface area (Å²) >= 11 is 0. The van der Waals surface area contributed by atoms with Crippen molar-refractivity contribution < 1.29 is 22.7 Å². The molecule has 1 saturated heterocycles. The summed E-state index contributed by atoms with van der Waals surface area (Å²) in [6.45, 7) is 2.68. The van der Waals surface area contributed by atoms with Gasteiger partial charge in [0.1, 0.15) is 11.8 Å². The average Bonchev–Trinajstić information content (AvgIpc) is 2.83. The van der Waals surface area contributed by atoms with Crippen LogP contribution in [0.15, 0.2) is 53.4 Å². The van der Waals surface area contributed by atoms with Crippen molar-refractivity contribution in [2.45, 2.75) is 24.7 Å². The van der Waals surface area contributed by atoms with Gasteiger partial charge in [0.05, 0.1) is 10.5 Å². The Balaban J connectivity index is 1.53. The largest absolute Gasteiger partial charge is 0.484 e. The lowest BCUT2D eigenvalue weighted by Gasteiger charge is -2.30. The van der Waals surface area contributed by atoms with Gasteiger partial charge in [-0.15, -0.1) is 0 Å². The van der Waals surface area contributed by atoms with Gasteiger partial charge in [0, 0.05) is 31.2 Å². The molecule has 0 saturated carbocycles. The molecule has 33 heavy (non-hydrogen) atoms. The lowest BCUT2D eigenvalue weighted by Crippen LogP contribution is -2.41. The first-order chi connectivity index (χ1) is 15.8. The summed E-state index contributed by atoms with van der Waals surface area (Å²) in [5.41, 5.74) is 0.694. The highest BCUT2D eigenvalue weighted by Crippen LogP contribution is 2.26. The topological polar surface area (TPSA) is 129 Å². The van der Waals surface area contributed by atoms with Gasteiger partial charge in [-0.3, -0.25) is 9.59 Å². The van der Waals surface area contributed by atoms with E-state index in [1.54, 1.807) is 36.4 Å². The number of amides is 2. The summed E-state index contributed by atoms with van der Waals surface area (Å²) < 4.78 is 32.6. The van der Waals surface area contributed by atoms with Crippen LogP contribution >= 0.6 is 0 Å². The minimum Gasteiger partial charge on any atom is -0.484 e. The first-order valence-electron chi connectivity index (χ1n) is 10.6. The van der Waals surface area contributed by atoms with Gasteiger partial charge in [-0.2, -0.15) is 9.57 Å². The Kier molecular flexibility index (Phi) is 8.03. The highest BCUT2D eigenvalue weighted by molar-refractivity contribution is 7.89. The molecule has 2 amide bonds. The smallest absolute Gasteiger partial charge is 0.257 e. The van der Waals surface area contributed by atoms with Gasteiger partial charge in [0.25, 0.3) is 5.91 Å². The molecule has 0 radical (unpaired) electrons. The molecule has 0 unspecified atom stereocenters. The second-order valence-corrected chi connectivity index (χ2v) is 9.45. The van der Waals surface area contributed by atoms with E-state index in [9.17, 15) is 23.3 Å². The molecule has 0 spiro atoms. The molecule has 0 aromatic heterocycles. The predicted molar refractivity (Wildman–Crippen MR) is 122 cm³/mol. The summed E-state index contributed by atoms with van der Waals surface area (Å²) in [5, 5.41) is 14.7. The van der Waals surface area contributed by atoms with Crippen molar-refractivity contribution in [2.24, 2.45) is 5.92 Å². The van der Waals surface area contributed by atoms with Crippen molar-refractivity contribution >= 4 is 27.5 Å². The van der Waals surface area contributed by atoms with E-state index in [2.05, 4.69) is 10.6 Å². The van der Waals surface area contributed by atoms with Crippen LogP contribution in [0.1, 0.15) is 25.3 Å². The number of ether oxygens (including phenoxy) is 1. The number of hydrogen-bond acceptors (Lipinski definition) is 6. The molecule has 1 heterocycles.